The molecule has 4 aliphatic carbocycles. The zero-order chi connectivity index (χ0) is 85.8. The number of ether oxygens (including phenoxy) is 6. The molecule has 0 aromatic heterocycles. The summed E-state index contributed by atoms with van der Waals surface area (Å²) in [6.45, 7) is 5.74. The van der Waals surface area contributed by atoms with Crippen molar-refractivity contribution < 1.29 is 118 Å². The van der Waals surface area contributed by atoms with E-state index in [1.54, 1.807) is 21.0 Å². The number of hydrogen-bond acceptors (Lipinski definition) is 26. The monoisotopic (exact) mass is 1700 g/mol. The molecule has 0 unspecified atom stereocenters. The molecular weight excluding hydrogens is 1600 g/mol. The van der Waals surface area contributed by atoms with E-state index in [9.17, 15) is 60.3 Å². The number of anilines is 1. The number of urea groups is 1. The summed E-state index contributed by atoms with van der Waals surface area (Å²) in [6.07, 6.45) is -12.1. The van der Waals surface area contributed by atoms with Crippen LogP contribution in [0.3, 0.4) is 0 Å². The molecule has 32 nitrogen and oxygen atoms in total. The fraction of sp³-hybridized carbons (Fsp3) is 0.477. The molecule has 4 saturated carbocycles. The standard InChI is InChI=1S/C86H100Cl2N8O24/c1-6-41(19-38(2)3)81(110)95-73-60(101)28-48(31-69(104)92-86(114)91-57-11-10-50(115-17-15-89-4)34-65(57)116-18-16-90-5)82(111)93-71-47-29-66(117-63-13-8-43(75(73)105)26-55(63)87)80(120-85-79(109)78(108)77(107)68(37-97)119-85)67(30-47)118-64-14-9-44(27-56(64)88)76(106)74-84(113)94-72(62(103)35-51-45-21-39-20-40(23-45)24-46(51)22-39)54-32-49(98)33-59(100)70(54)53-25-42(7-12-58(53)99)52(36-61(71)102)83(112)96-74/h7-14,25-27,29-30,32-34,38-41,45-46,48,51-52,68,71-79,85,89-90,97-100,105-109H,6,15-24,28,31,35-37H2,1-5H3,(H,93,111)(H,94,113)(H,95,110)(H,96,112)(H2,91,92,104,114)/t39?,40?,41-,45?,46?,48+,51?,52-,68-,71-,72+,73+,74+,75-,76-,77-,78+,79-,85+/m1/s1. The molecule has 5 fully saturated rings. The Balaban J connectivity index is 0.983. The average molecular weight is 1700 g/mol. The van der Waals surface area contributed by atoms with E-state index in [1.165, 1.54) is 60.7 Å². The van der Waals surface area contributed by atoms with Crippen molar-refractivity contribution in [2.45, 2.75) is 164 Å². The van der Waals surface area contributed by atoms with Crippen LogP contribution in [0.4, 0.5) is 10.5 Å². The number of amides is 7. The van der Waals surface area contributed by atoms with Crippen LogP contribution >= 0.6 is 23.2 Å². The fourth-order valence-electron chi connectivity index (χ4n) is 17.9. The number of likely N-dealkylation sites (N-methyl/N-ethyl adjacent to an activating group) is 2. The molecule has 0 spiro atoms. The third kappa shape index (κ3) is 19.4. The number of imide groups is 1. The highest BCUT2D eigenvalue weighted by Crippen LogP contribution is 2.58. The largest absolute Gasteiger partial charge is 0.508 e. The first-order valence-corrected chi connectivity index (χ1v) is 41.1. The highest BCUT2D eigenvalue weighted by atomic mass is 35.5. The van der Waals surface area contributed by atoms with Crippen molar-refractivity contribution >= 4 is 81.8 Å². The van der Waals surface area contributed by atoms with Gasteiger partial charge in [0.05, 0.1) is 34.2 Å². The summed E-state index contributed by atoms with van der Waals surface area (Å²) < 4.78 is 37.5. The first kappa shape index (κ1) is 87.6. The highest BCUT2D eigenvalue weighted by Gasteiger charge is 2.51. The molecule has 7 amide bonds. The van der Waals surface area contributed by atoms with Crippen LogP contribution in [0.1, 0.15) is 149 Å². The first-order chi connectivity index (χ1) is 57.4. The summed E-state index contributed by atoms with van der Waals surface area (Å²) in [5.74, 6) is -15.9. The zero-order valence-electron chi connectivity index (χ0n) is 66.5. The molecule has 16 rings (SSSR count). The van der Waals surface area contributed by atoms with Gasteiger partial charge in [-0.2, -0.15) is 0 Å². The maximum atomic E-state index is 16.6. The summed E-state index contributed by atoms with van der Waals surface area (Å²) in [7, 11) is 3.43. The second kappa shape index (κ2) is 37.8. The lowest BCUT2D eigenvalue weighted by atomic mass is 9.51. The lowest BCUT2D eigenvalue weighted by molar-refractivity contribution is -0.277. The molecule has 6 aromatic carbocycles. The number of aliphatic hydroxyl groups excluding tert-OH is 6. The second-order valence-corrected chi connectivity index (χ2v) is 33.4. The van der Waals surface area contributed by atoms with Gasteiger partial charge in [-0.15, -0.1) is 0 Å². The van der Waals surface area contributed by atoms with Gasteiger partial charge < -0.3 is 112 Å². The molecule has 6 aliphatic heterocycles. The molecule has 17 N–H and O–H groups in total. The zero-order valence-corrected chi connectivity index (χ0v) is 68.0. The quantitative estimate of drug-likeness (QED) is 0.0297. The summed E-state index contributed by atoms with van der Waals surface area (Å²) in [5.41, 5.74) is -1.62. The molecule has 0 radical (unpaired) electrons. The van der Waals surface area contributed by atoms with E-state index in [1.807, 2.05) is 13.8 Å². The molecule has 14 atom stereocenters. The highest BCUT2D eigenvalue weighted by molar-refractivity contribution is 6.32. The minimum atomic E-state index is -2.25. The van der Waals surface area contributed by atoms with Gasteiger partial charge in [0, 0.05) is 68.0 Å². The van der Waals surface area contributed by atoms with E-state index in [2.05, 4.69) is 42.5 Å². The van der Waals surface area contributed by atoms with Crippen molar-refractivity contribution in [1.29, 1.82) is 0 Å². The number of rotatable bonds is 22. The summed E-state index contributed by atoms with van der Waals surface area (Å²) >= 11 is 14.4. The van der Waals surface area contributed by atoms with E-state index >= 15 is 28.8 Å². The van der Waals surface area contributed by atoms with E-state index < -0.39 is 204 Å². The molecule has 642 valence electrons. The number of hydrogen-bond donors (Lipinski definition) is 17. The van der Waals surface area contributed by atoms with Gasteiger partial charge >= 0.3 is 6.03 Å². The third-order valence-corrected chi connectivity index (χ3v) is 24.4. The molecule has 6 aromatic rings. The van der Waals surface area contributed by atoms with Crippen LogP contribution in [-0.2, 0) is 43.1 Å². The SMILES string of the molecule is CC[C@H](CC(C)C)C(=O)N[C@H]1C(=O)C[C@@H](CC(=O)NC(=O)Nc2ccc(OCCNC)cc2OCCNC)C(=O)N[C@H]2C(=O)C[C@H]3C(=O)N[C@H](C(=O)N[C@H](C(=O)CC4C5CC6CC(C5)CC4C6)c4cc(O)cc(O)c4-c4cc3ccc4O)[C@H](O)c3ccc(c(Cl)c3)Oc3cc2cc(c3O[C@@H]2O[C@H](CO)[C@@H](O)[C@H](O)[C@H]2O)Oc2ccc(cc2Cl)[C@H]1O. The maximum absolute atomic E-state index is 16.6. The summed E-state index contributed by atoms with van der Waals surface area (Å²) in [6, 6.07) is 10.3. The van der Waals surface area contributed by atoms with Crippen LogP contribution in [0.15, 0.2) is 97.1 Å². The van der Waals surface area contributed by atoms with Crippen LogP contribution < -0.4 is 66.2 Å². The molecule has 15 bridgehead atoms. The van der Waals surface area contributed by atoms with Gasteiger partial charge in [0.25, 0.3) is 0 Å². The van der Waals surface area contributed by atoms with E-state index in [0.717, 1.165) is 68.5 Å². The summed E-state index contributed by atoms with van der Waals surface area (Å²) in [5, 5.41) is 126. The Bertz CT molecular complexity index is 4870. The van der Waals surface area contributed by atoms with Gasteiger partial charge in [-0.3, -0.25) is 43.7 Å². The number of halogens is 2. The molecule has 34 heteroatoms. The Morgan fingerprint density at radius 3 is 1.90 bits per heavy atom. The average Bonchev–Trinajstić information content (AvgIpc) is 0.759. The fourth-order valence-corrected chi connectivity index (χ4v) is 18.4. The van der Waals surface area contributed by atoms with Crippen molar-refractivity contribution in [1.82, 2.24) is 37.2 Å². The predicted octanol–water partition coefficient (Wildman–Crippen LogP) is 7.29. The van der Waals surface area contributed by atoms with Crippen molar-refractivity contribution in [2.24, 2.45) is 47.3 Å². The number of fused-ring (bicyclic) bond motifs is 15. The molecule has 6 heterocycles. The van der Waals surface area contributed by atoms with E-state index in [-0.39, 0.29) is 116 Å². The number of carbonyl (C=O) groups excluding carboxylic acids is 9. The number of benzene rings is 6. The first-order valence-electron chi connectivity index (χ1n) is 40.3. The summed E-state index contributed by atoms with van der Waals surface area (Å²) in [4.78, 5) is 139. The number of nitrogens with one attached hydrogen (secondary N) is 8. The van der Waals surface area contributed by atoms with E-state index in [0.29, 0.717) is 37.1 Å². The van der Waals surface area contributed by atoms with Gasteiger partial charge in [0.2, 0.25) is 41.6 Å². The van der Waals surface area contributed by atoms with Crippen molar-refractivity contribution in [2.75, 3.05) is 52.3 Å². The van der Waals surface area contributed by atoms with Crippen LogP contribution in [-0.4, -0.2) is 189 Å². The maximum Gasteiger partial charge on any atom is 0.325 e. The molecule has 1 saturated heterocycles. The van der Waals surface area contributed by atoms with Crippen LogP contribution in [0.2, 0.25) is 10.0 Å². The minimum Gasteiger partial charge on any atom is -0.508 e. The van der Waals surface area contributed by atoms with Gasteiger partial charge in [0.1, 0.15) is 114 Å². The Morgan fingerprint density at radius 2 is 1.27 bits per heavy atom. The Morgan fingerprint density at radius 1 is 0.633 bits per heavy atom. The number of phenols is 3. The van der Waals surface area contributed by atoms with Crippen LogP contribution in [0.25, 0.3) is 11.1 Å². The number of aliphatic hydroxyl groups is 6. The normalized spacial score (nSPS) is 27.3. The number of aromatic hydroxyl groups is 3. The van der Waals surface area contributed by atoms with Gasteiger partial charge in [-0.1, -0.05) is 62.2 Å². The third-order valence-electron chi connectivity index (χ3n) is 23.8. The number of ketones is 3. The van der Waals surface area contributed by atoms with Gasteiger partial charge in [0.15, 0.2) is 28.8 Å². The Kier molecular flexibility index (Phi) is 27.6. The lowest BCUT2D eigenvalue weighted by Crippen LogP contribution is -2.60. The van der Waals surface area contributed by atoms with Crippen LogP contribution in [0.5, 0.6) is 57.5 Å². The van der Waals surface area contributed by atoms with Gasteiger partial charge in [-0.05, 0) is 189 Å². The van der Waals surface area contributed by atoms with Crippen molar-refractivity contribution in [3.63, 3.8) is 0 Å². The molecular formula is C86H100Cl2N8O24. The minimum absolute atomic E-state index is 0.0484. The smallest absolute Gasteiger partial charge is 0.325 e. The topological polar surface area (TPSA) is 487 Å². The second-order valence-electron chi connectivity index (χ2n) is 32.6. The lowest BCUT2D eigenvalue weighted by Gasteiger charge is -2.54. The molecule has 120 heavy (non-hydrogen) atoms. The van der Waals surface area contributed by atoms with Gasteiger partial charge in [-0.25, -0.2) is 4.79 Å². The number of Topliss-reactive ketones (excluding diaryl/α,β-unsaturated/α-hetero) is 3. The Hall–Kier alpha value is -10.2. The van der Waals surface area contributed by atoms with E-state index in [4.69, 9.17) is 51.6 Å². The van der Waals surface area contributed by atoms with Crippen molar-refractivity contribution in [3.8, 4) is 68.6 Å². The Labute approximate surface area is 700 Å². The van der Waals surface area contributed by atoms with Crippen LogP contribution in [0, 0.1) is 47.3 Å². The number of phenolic OH excluding ortho intramolecular Hbond substituents is 3. The molecule has 10 aliphatic rings. The van der Waals surface area contributed by atoms with Crippen molar-refractivity contribution in [3.05, 3.63) is 135 Å². The predicted molar refractivity (Wildman–Crippen MR) is 432 cm³/mol. The number of carbonyl (C=O) groups is 9.